The molecule has 5 nitrogen and oxygen atoms in total. The Morgan fingerprint density at radius 1 is 1.16 bits per heavy atom. The first-order valence-corrected chi connectivity index (χ1v) is 6.24. The second-order valence-corrected chi connectivity index (χ2v) is 4.09. The fraction of sp³-hybridized carbons (Fsp3) is 0.357. The van der Waals surface area contributed by atoms with Crippen LogP contribution in [0.15, 0.2) is 30.5 Å². The number of ether oxygens (including phenoxy) is 2. The number of hydrogen-bond donors (Lipinski definition) is 1. The van der Waals surface area contributed by atoms with Crippen LogP contribution < -0.4 is 14.8 Å². The Morgan fingerprint density at radius 3 is 2.42 bits per heavy atom. The van der Waals surface area contributed by atoms with Crippen LogP contribution in [0.2, 0.25) is 0 Å². The summed E-state index contributed by atoms with van der Waals surface area (Å²) < 4.78 is 12.4. The summed E-state index contributed by atoms with van der Waals surface area (Å²) in [7, 11) is 3.29. The first-order valence-electron chi connectivity index (χ1n) is 6.24. The molecule has 5 heteroatoms. The van der Waals surface area contributed by atoms with Crippen molar-refractivity contribution in [2.45, 2.75) is 20.0 Å². The van der Waals surface area contributed by atoms with Gasteiger partial charge in [0.2, 0.25) is 0 Å². The molecule has 0 saturated carbocycles. The van der Waals surface area contributed by atoms with E-state index in [-0.39, 0.29) is 0 Å². The predicted octanol–water partition coefficient (Wildman–Crippen LogP) is 2.53. The highest BCUT2D eigenvalue weighted by Gasteiger charge is 2.04. The molecule has 2 rings (SSSR count). The molecule has 0 aliphatic heterocycles. The van der Waals surface area contributed by atoms with Gasteiger partial charge in [-0.2, -0.15) is 5.10 Å². The molecule has 19 heavy (non-hydrogen) atoms. The van der Waals surface area contributed by atoms with Crippen LogP contribution in [-0.2, 0) is 13.1 Å². The summed E-state index contributed by atoms with van der Waals surface area (Å²) in [5, 5.41) is 7.59. The van der Waals surface area contributed by atoms with Crippen molar-refractivity contribution in [2.24, 2.45) is 0 Å². The average molecular weight is 261 g/mol. The van der Waals surface area contributed by atoms with Gasteiger partial charge in [0, 0.05) is 36.6 Å². The lowest BCUT2D eigenvalue weighted by atomic mass is 10.2. The van der Waals surface area contributed by atoms with Crippen LogP contribution >= 0.6 is 0 Å². The van der Waals surface area contributed by atoms with Crippen molar-refractivity contribution in [3.8, 4) is 11.5 Å². The van der Waals surface area contributed by atoms with Gasteiger partial charge in [-0.05, 0) is 13.0 Å². The van der Waals surface area contributed by atoms with Crippen LogP contribution in [0.5, 0.6) is 11.5 Å². The third-order valence-electron chi connectivity index (χ3n) is 2.93. The van der Waals surface area contributed by atoms with Gasteiger partial charge in [0.15, 0.2) is 0 Å². The number of nitrogens with zero attached hydrogens (tertiary/aromatic N) is 2. The van der Waals surface area contributed by atoms with E-state index in [0.717, 1.165) is 29.4 Å². The molecule has 2 aromatic rings. The standard InChI is InChI=1S/C14H19N3O2/c1-4-17-12(5-6-16-17)10-15-11-7-13(18-2)9-14(8-11)19-3/h5-9,15H,4,10H2,1-3H3. The van der Waals surface area contributed by atoms with E-state index in [1.54, 1.807) is 14.2 Å². The minimum atomic E-state index is 0.712. The van der Waals surface area contributed by atoms with Crippen molar-refractivity contribution in [2.75, 3.05) is 19.5 Å². The monoisotopic (exact) mass is 261 g/mol. The lowest BCUT2D eigenvalue weighted by molar-refractivity contribution is 0.394. The zero-order valence-corrected chi connectivity index (χ0v) is 11.5. The smallest absolute Gasteiger partial charge is 0.124 e. The Balaban J connectivity index is 2.10. The molecule has 1 heterocycles. The Labute approximate surface area is 113 Å². The fourth-order valence-electron chi connectivity index (χ4n) is 1.90. The molecule has 0 saturated heterocycles. The fourth-order valence-corrected chi connectivity index (χ4v) is 1.90. The third-order valence-corrected chi connectivity index (χ3v) is 2.93. The molecule has 0 aliphatic carbocycles. The summed E-state index contributed by atoms with van der Waals surface area (Å²) >= 11 is 0. The third kappa shape index (κ3) is 3.19. The minimum Gasteiger partial charge on any atom is -0.497 e. The summed E-state index contributed by atoms with van der Waals surface area (Å²) in [5.74, 6) is 1.54. The van der Waals surface area contributed by atoms with Gasteiger partial charge in [-0.3, -0.25) is 4.68 Å². The van der Waals surface area contributed by atoms with E-state index in [4.69, 9.17) is 9.47 Å². The molecule has 1 aromatic heterocycles. The molecule has 0 aliphatic rings. The number of rotatable bonds is 6. The maximum Gasteiger partial charge on any atom is 0.124 e. The summed E-state index contributed by atoms with van der Waals surface area (Å²) in [6.45, 7) is 3.65. The highest BCUT2D eigenvalue weighted by Crippen LogP contribution is 2.26. The quantitative estimate of drug-likeness (QED) is 0.868. The number of aryl methyl sites for hydroxylation is 1. The predicted molar refractivity (Wildman–Crippen MR) is 74.8 cm³/mol. The van der Waals surface area contributed by atoms with Crippen LogP contribution in [0.3, 0.4) is 0 Å². The molecule has 0 spiro atoms. The van der Waals surface area contributed by atoms with Crippen molar-refractivity contribution >= 4 is 5.69 Å². The van der Waals surface area contributed by atoms with E-state index in [0.29, 0.717) is 6.54 Å². The second-order valence-electron chi connectivity index (χ2n) is 4.09. The van der Waals surface area contributed by atoms with Crippen molar-refractivity contribution in [3.63, 3.8) is 0 Å². The first kappa shape index (κ1) is 13.3. The van der Waals surface area contributed by atoms with Crippen LogP contribution in [0.4, 0.5) is 5.69 Å². The van der Waals surface area contributed by atoms with E-state index in [1.165, 1.54) is 0 Å². The van der Waals surface area contributed by atoms with Gasteiger partial charge < -0.3 is 14.8 Å². The number of nitrogens with one attached hydrogen (secondary N) is 1. The number of benzene rings is 1. The SMILES string of the molecule is CCn1nccc1CNc1cc(OC)cc(OC)c1. The highest BCUT2D eigenvalue weighted by molar-refractivity contribution is 5.53. The van der Waals surface area contributed by atoms with E-state index in [9.17, 15) is 0 Å². The molecule has 1 N–H and O–H groups in total. The molecule has 0 amide bonds. The molecule has 0 radical (unpaired) electrons. The number of hydrogen-bond acceptors (Lipinski definition) is 4. The molecule has 0 atom stereocenters. The summed E-state index contributed by atoms with van der Waals surface area (Å²) in [6, 6.07) is 7.74. The van der Waals surface area contributed by atoms with Crippen molar-refractivity contribution in [1.82, 2.24) is 9.78 Å². The maximum atomic E-state index is 5.24. The summed E-state index contributed by atoms with van der Waals surface area (Å²) in [6.07, 6.45) is 1.81. The van der Waals surface area contributed by atoms with Crippen LogP contribution in [0, 0.1) is 0 Å². The summed E-state index contributed by atoms with van der Waals surface area (Å²) in [5.41, 5.74) is 2.10. The molecule has 0 unspecified atom stereocenters. The average Bonchev–Trinajstić information content (AvgIpc) is 2.92. The zero-order valence-electron chi connectivity index (χ0n) is 11.5. The number of anilines is 1. The molecular weight excluding hydrogens is 242 g/mol. The van der Waals surface area contributed by atoms with Gasteiger partial charge in [0.05, 0.1) is 26.5 Å². The Kier molecular flexibility index (Phi) is 4.28. The van der Waals surface area contributed by atoms with Crippen LogP contribution in [0.1, 0.15) is 12.6 Å². The van der Waals surface area contributed by atoms with Crippen LogP contribution in [-0.4, -0.2) is 24.0 Å². The zero-order chi connectivity index (χ0) is 13.7. The highest BCUT2D eigenvalue weighted by atomic mass is 16.5. The van der Waals surface area contributed by atoms with Gasteiger partial charge in [-0.25, -0.2) is 0 Å². The van der Waals surface area contributed by atoms with E-state index >= 15 is 0 Å². The van der Waals surface area contributed by atoms with Crippen LogP contribution in [0.25, 0.3) is 0 Å². The maximum absolute atomic E-state index is 5.24. The molecule has 0 bridgehead atoms. The van der Waals surface area contributed by atoms with E-state index in [2.05, 4.69) is 17.3 Å². The number of aromatic nitrogens is 2. The topological polar surface area (TPSA) is 48.3 Å². The van der Waals surface area contributed by atoms with E-state index in [1.807, 2.05) is 35.1 Å². The van der Waals surface area contributed by atoms with Gasteiger partial charge in [-0.15, -0.1) is 0 Å². The second kappa shape index (κ2) is 6.13. The molecular formula is C14H19N3O2. The first-order chi connectivity index (χ1) is 9.26. The lowest BCUT2D eigenvalue weighted by Crippen LogP contribution is -2.08. The van der Waals surface area contributed by atoms with Gasteiger partial charge in [0.1, 0.15) is 11.5 Å². The van der Waals surface area contributed by atoms with Crippen molar-refractivity contribution in [3.05, 3.63) is 36.2 Å². The Hall–Kier alpha value is -2.17. The van der Waals surface area contributed by atoms with Gasteiger partial charge >= 0.3 is 0 Å². The molecule has 102 valence electrons. The normalized spacial score (nSPS) is 10.3. The van der Waals surface area contributed by atoms with Crippen molar-refractivity contribution in [1.29, 1.82) is 0 Å². The summed E-state index contributed by atoms with van der Waals surface area (Å²) in [4.78, 5) is 0. The largest absolute Gasteiger partial charge is 0.497 e. The minimum absolute atomic E-state index is 0.712. The Bertz CT molecular complexity index is 515. The van der Waals surface area contributed by atoms with Gasteiger partial charge in [-0.1, -0.05) is 0 Å². The van der Waals surface area contributed by atoms with Crippen molar-refractivity contribution < 1.29 is 9.47 Å². The van der Waals surface area contributed by atoms with Gasteiger partial charge in [0.25, 0.3) is 0 Å². The Morgan fingerprint density at radius 2 is 1.84 bits per heavy atom. The number of methoxy groups -OCH3 is 2. The molecule has 0 fully saturated rings. The van der Waals surface area contributed by atoms with E-state index < -0.39 is 0 Å². The molecule has 1 aromatic carbocycles. The lowest BCUT2D eigenvalue weighted by Gasteiger charge is -2.11.